The van der Waals surface area contributed by atoms with Gasteiger partial charge in [-0.2, -0.15) is 0 Å². The number of anilines is 2. The van der Waals surface area contributed by atoms with Crippen LogP contribution in [0.25, 0.3) is 11.3 Å². The van der Waals surface area contributed by atoms with E-state index >= 15 is 0 Å². The molecular formula is C23H24F2N4O. The highest BCUT2D eigenvalue weighted by atomic mass is 19.1. The first kappa shape index (κ1) is 21.4. The Morgan fingerprint density at radius 3 is 2.63 bits per heavy atom. The van der Waals surface area contributed by atoms with Crippen LogP contribution in [0, 0.1) is 11.6 Å². The number of pyridine rings is 2. The minimum Gasteiger partial charge on any atom is -0.354 e. The smallest absolute Gasteiger partial charge is 0.254 e. The van der Waals surface area contributed by atoms with E-state index < -0.39 is 11.6 Å². The lowest BCUT2D eigenvalue weighted by Gasteiger charge is -2.18. The number of carbonyl (C=O) groups is 1. The van der Waals surface area contributed by atoms with Crippen LogP contribution < -0.4 is 10.6 Å². The molecule has 1 aromatic carbocycles. The Bertz CT molecular complexity index is 1050. The van der Waals surface area contributed by atoms with Gasteiger partial charge in [-0.15, -0.1) is 0 Å². The molecule has 3 rings (SSSR count). The Balaban J connectivity index is 2.04. The topological polar surface area (TPSA) is 66.9 Å². The van der Waals surface area contributed by atoms with E-state index in [1.54, 1.807) is 24.5 Å². The maximum Gasteiger partial charge on any atom is 0.254 e. The largest absolute Gasteiger partial charge is 0.354 e. The third-order valence-electron chi connectivity index (χ3n) is 4.63. The van der Waals surface area contributed by atoms with Gasteiger partial charge in [0.2, 0.25) is 0 Å². The summed E-state index contributed by atoms with van der Waals surface area (Å²) in [4.78, 5) is 20.9. The quantitative estimate of drug-likeness (QED) is 0.545. The average molecular weight is 410 g/mol. The summed E-state index contributed by atoms with van der Waals surface area (Å²) in [5, 5.41) is 6.11. The SMILES string of the molecule is CCCNC(=O)c1cnccc1Nc1cc(-c2cc(F)ccc2F)ncc1C(C)C. The number of hydrogen-bond acceptors (Lipinski definition) is 4. The number of nitrogens with zero attached hydrogens (tertiary/aromatic N) is 2. The first-order chi connectivity index (χ1) is 14.4. The highest BCUT2D eigenvalue weighted by Gasteiger charge is 2.16. The van der Waals surface area contributed by atoms with Crippen molar-refractivity contribution in [2.75, 3.05) is 11.9 Å². The Kier molecular flexibility index (Phi) is 6.72. The van der Waals surface area contributed by atoms with Crippen LogP contribution in [0.15, 0.2) is 48.9 Å². The van der Waals surface area contributed by atoms with Gasteiger partial charge in [-0.25, -0.2) is 8.78 Å². The molecular weight excluding hydrogens is 386 g/mol. The molecule has 0 atom stereocenters. The van der Waals surface area contributed by atoms with Crippen molar-refractivity contribution in [3.63, 3.8) is 0 Å². The Morgan fingerprint density at radius 2 is 1.90 bits per heavy atom. The van der Waals surface area contributed by atoms with Crippen LogP contribution in [0.3, 0.4) is 0 Å². The number of carbonyl (C=O) groups excluding carboxylic acids is 1. The maximum atomic E-state index is 14.3. The molecule has 0 saturated heterocycles. The van der Waals surface area contributed by atoms with Crippen LogP contribution in [0.5, 0.6) is 0 Å². The van der Waals surface area contributed by atoms with E-state index in [4.69, 9.17) is 0 Å². The maximum absolute atomic E-state index is 14.3. The predicted octanol–water partition coefficient (Wildman–Crippen LogP) is 5.43. The molecule has 0 saturated carbocycles. The zero-order chi connectivity index (χ0) is 21.7. The van der Waals surface area contributed by atoms with Gasteiger partial charge in [0.1, 0.15) is 11.6 Å². The lowest BCUT2D eigenvalue weighted by atomic mass is 10.0. The molecule has 3 aromatic rings. The molecule has 5 nitrogen and oxygen atoms in total. The molecule has 0 bridgehead atoms. The first-order valence-electron chi connectivity index (χ1n) is 9.85. The van der Waals surface area contributed by atoms with E-state index in [0.29, 0.717) is 29.2 Å². The van der Waals surface area contributed by atoms with Gasteiger partial charge >= 0.3 is 0 Å². The molecule has 2 aromatic heterocycles. The molecule has 0 spiro atoms. The van der Waals surface area contributed by atoms with Crippen molar-refractivity contribution >= 4 is 17.3 Å². The summed E-state index contributed by atoms with van der Waals surface area (Å²) in [6, 6.07) is 6.63. The van der Waals surface area contributed by atoms with Gasteiger partial charge in [-0.1, -0.05) is 20.8 Å². The van der Waals surface area contributed by atoms with Crippen molar-refractivity contribution in [2.24, 2.45) is 0 Å². The zero-order valence-corrected chi connectivity index (χ0v) is 17.2. The minimum absolute atomic E-state index is 0.0731. The third-order valence-corrected chi connectivity index (χ3v) is 4.63. The average Bonchev–Trinajstić information content (AvgIpc) is 2.74. The third kappa shape index (κ3) is 4.79. The van der Waals surface area contributed by atoms with Crippen LogP contribution in [-0.4, -0.2) is 22.4 Å². The first-order valence-corrected chi connectivity index (χ1v) is 9.85. The molecule has 30 heavy (non-hydrogen) atoms. The fourth-order valence-corrected chi connectivity index (χ4v) is 3.04. The van der Waals surface area contributed by atoms with Crippen LogP contribution >= 0.6 is 0 Å². The summed E-state index contributed by atoms with van der Waals surface area (Å²) in [7, 11) is 0. The highest BCUT2D eigenvalue weighted by Crippen LogP contribution is 2.32. The molecule has 1 amide bonds. The van der Waals surface area contributed by atoms with E-state index in [2.05, 4.69) is 20.6 Å². The fourth-order valence-electron chi connectivity index (χ4n) is 3.04. The fraction of sp³-hybridized carbons (Fsp3) is 0.261. The van der Waals surface area contributed by atoms with Crippen molar-refractivity contribution in [3.05, 3.63) is 71.7 Å². The van der Waals surface area contributed by atoms with E-state index in [1.807, 2.05) is 20.8 Å². The molecule has 0 aliphatic heterocycles. The molecule has 156 valence electrons. The number of halogens is 2. The second-order valence-corrected chi connectivity index (χ2v) is 7.24. The van der Waals surface area contributed by atoms with Crippen molar-refractivity contribution < 1.29 is 13.6 Å². The minimum atomic E-state index is -0.560. The molecule has 7 heteroatoms. The highest BCUT2D eigenvalue weighted by molar-refractivity contribution is 6.00. The lowest BCUT2D eigenvalue weighted by Crippen LogP contribution is -2.25. The predicted molar refractivity (Wildman–Crippen MR) is 114 cm³/mol. The normalized spacial score (nSPS) is 10.9. The Hall–Kier alpha value is -3.35. The summed E-state index contributed by atoms with van der Waals surface area (Å²) >= 11 is 0. The van der Waals surface area contributed by atoms with Gasteiger partial charge in [0.05, 0.1) is 16.9 Å². The Morgan fingerprint density at radius 1 is 1.10 bits per heavy atom. The lowest BCUT2D eigenvalue weighted by molar-refractivity contribution is 0.0954. The number of amides is 1. The van der Waals surface area contributed by atoms with E-state index in [0.717, 1.165) is 30.2 Å². The van der Waals surface area contributed by atoms with Gasteiger partial charge in [0.15, 0.2) is 0 Å². The molecule has 0 fully saturated rings. The molecule has 0 radical (unpaired) electrons. The van der Waals surface area contributed by atoms with Gasteiger partial charge in [-0.3, -0.25) is 14.8 Å². The van der Waals surface area contributed by atoms with E-state index in [-0.39, 0.29) is 17.4 Å². The second kappa shape index (κ2) is 9.43. The number of rotatable bonds is 7. The van der Waals surface area contributed by atoms with Crippen molar-refractivity contribution in [1.82, 2.24) is 15.3 Å². The second-order valence-electron chi connectivity index (χ2n) is 7.24. The van der Waals surface area contributed by atoms with E-state index in [1.165, 1.54) is 6.20 Å². The number of nitrogens with one attached hydrogen (secondary N) is 2. The number of benzene rings is 1. The summed E-state index contributed by atoms with van der Waals surface area (Å²) in [6.07, 6.45) is 5.54. The molecule has 2 N–H and O–H groups in total. The molecule has 0 aliphatic carbocycles. The monoisotopic (exact) mass is 410 g/mol. The summed E-state index contributed by atoms with van der Waals surface area (Å²) < 4.78 is 27.9. The van der Waals surface area contributed by atoms with Gasteiger partial charge in [0, 0.05) is 36.4 Å². The molecule has 0 unspecified atom stereocenters. The van der Waals surface area contributed by atoms with Crippen molar-refractivity contribution in [1.29, 1.82) is 0 Å². The Labute approximate surface area is 174 Å². The molecule has 0 aliphatic rings. The van der Waals surface area contributed by atoms with Gasteiger partial charge in [0.25, 0.3) is 5.91 Å². The van der Waals surface area contributed by atoms with Gasteiger partial charge in [-0.05, 0) is 48.2 Å². The van der Waals surface area contributed by atoms with Crippen LogP contribution in [0.1, 0.15) is 49.0 Å². The van der Waals surface area contributed by atoms with Crippen molar-refractivity contribution in [2.45, 2.75) is 33.1 Å². The van der Waals surface area contributed by atoms with Crippen LogP contribution in [-0.2, 0) is 0 Å². The van der Waals surface area contributed by atoms with Crippen molar-refractivity contribution in [3.8, 4) is 11.3 Å². The summed E-state index contributed by atoms with van der Waals surface area (Å²) in [5.41, 5.74) is 2.88. The van der Waals surface area contributed by atoms with Crippen LogP contribution in [0.2, 0.25) is 0 Å². The van der Waals surface area contributed by atoms with Crippen LogP contribution in [0.4, 0.5) is 20.2 Å². The standard InChI is InChI=1S/C23H24F2N4O/c1-4-8-27-23(30)18-12-26-9-7-20(18)29-22-11-21(28-13-17(22)14(2)3)16-10-15(24)5-6-19(16)25/h5-7,9-14H,4,8H2,1-3H3,(H,27,30)(H,26,28,29). The number of aromatic nitrogens is 2. The summed E-state index contributed by atoms with van der Waals surface area (Å²) in [5.74, 6) is -1.22. The van der Waals surface area contributed by atoms with Gasteiger partial charge < -0.3 is 10.6 Å². The molecule has 2 heterocycles. The zero-order valence-electron chi connectivity index (χ0n) is 17.2. The van der Waals surface area contributed by atoms with E-state index in [9.17, 15) is 13.6 Å². The number of hydrogen-bond donors (Lipinski definition) is 2. The summed E-state index contributed by atoms with van der Waals surface area (Å²) in [6.45, 7) is 6.54.